The normalized spacial score (nSPS) is 18.6. The Morgan fingerprint density at radius 1 is 1.12 bits per heavy atom. The molecule has 1 atom stereocenters. The molecule has 9 heteroatoms. The number of carbonyl (C=O) groups is 2. The van der Waals surface area contributed by atoms with Gasteiger partial charge in [-0.3, -0.25) is 14.5 Å². The highest BCUT2D eigenvalue weighted by Gasteiger charge is 2.38. The first-order chi connectivity index (χ1) is 15.3. The molecule has 0 radical (unpaired) electrons. The van der Waals surface area contributed by atoms with E-state index in [1.807, 2.05) is 18.2 Å². The van der Waals surface area contributed by atoms with Crippen molar-refractivity contribution >= 4 is 39.1 Å². The van der Waals surface area contributed by atoms with Crippen molar-refractivity contribution in [1.29, 1.82) is 0 Å². The van der Waals surface area contributed by atoms with E-state index in [4.69, 9.17) is 11.6 Å². The Labute approximate surface area is 193 Å². The van der Waals surface area contributed by atoms with Crippen molar-refractivity contribution in [3.05, 3.63) is 58.6 Å². The van der Waals surface area contributed by atoms with Gasteiger partial charge in [0.1, 0.15) is 6.04 Å². The highest BCUT2D eigenvalue weighted by molar-refractivity contribution is 7.89. The van der Waals surface area contributed by atoms with Gasteiger partial charge in [0, 0.05) is 43.7 Å². The van der Waals surface area contributed by atoms with Gasteiger partial charge in [-0.05, 0) is 54.7 Å². The average molecular weight is 476 g/mol. The minimum atomic E-state index is -3.57. The summed E-state index contributed by atoms with van der Waals surface area (Å²) in [6, 6.07) is 11.5. The van der Waals surface area contributed by atoms with E-state index in [2.05, 4.69) is 5.32 Å². The Morgan fingerprint density at radius 3 is 2.53 bits per heavy atom. The minimum Gasteiger partial charge on any atom is -0.354 e. The largest absolute Gasteiger partial charge is 0.354 e. The minimum absolute atomic E-state index is 0.210. The second-order valence-corrected chi connectivity index (χ2v) is 10.5. The van der Waals surface area contributed by atoms with Crippen LogP contribution in [0.15, 0.2) is 47.4 Å². The SMILES string of the molecule is CC(=O)N1c2ccc(S(=O)(=O)N3CCCC3)cc2C[C@@H]1C(=O)NCCc1ccccc1Cl. The Bertz CT molecular complexity index is 1150. The van der Waals surface area contributed by atoms with Crippen molar-refractivity contribution in [3.8, 4) is 0 Å². The van der Waals surface area contributed by atoms with Crippen molar-refractivity contribution in [2.24, 2.45) is 0 Å². The van der Waals surface area contributed by atoms with Gasteiger partial charge in [0.2, 0.25) is 21.8 Å². The lowest BCUT2D eigenvalue weighted by atomic mass is 10.1. The van der Waals surface area contributed by atoms with E-state index in [1.54, 1.807) is 18.2 Å². The first-order valence-electron chi connectivity index (χ1n) is 10.7. The first-order valence-corrected chi connectivity index (χ1v) is 12.5. The van der Waals surface area contributed by atoms with Crippen LogP contribution in [0.5, 0.6) is 0 Å². The van der Waals surface area contributed by atoms with Crippen LogP contribution in [0.2, 0.25) is 5.02 Å². The third-order valence-corrected chi connectivity index (χ3v) is 8.29. The van der Waals surface area contributed by atoms with E-state index < -0.39 is 16.1 Å². The molecule has 4 rings (SSSR count). The molecule has 0 spiro atoms. The quantitative estimate of drug-likeness (QED) is 0.696. The maximum absolute atomic E-state index is 12.9. The van der Waals surface area contributed by atoms with E-state index >= 15 is 0 Å². The third-order valence-electron chi connectivity index (χ3n) is 6.03. The number of anilines is 1. The zero-order chi connectivity index (χ0) is 22.9. The lowest BCUT2D eigenvalue weighted by Crippen LogP contribution is -2.47. The molecule has 2 amide bonds. The molecule has 2 aromatic rings. The van der Waals surface area contributed by atoms with Crippen LogP contribution in [0.4, 0.5) is 5.69 Å². The van der Waals surface area contributed by atoms with Crippen molar-refractivity contribution in [2.75, 3.05) is 24.5 Å². The molecular formula is C23H26ClN3O4S. The molecule has 2 aliphatic heterocycles. The second kappa shape index (κ2) is 9.21. The molecule has 7 nitrogen and oxygen atoms in total. The van der Waals surface area contributed by atoms with Crippen LogP contribution in [0.25, 0.3) is 0 Å². The number of rotatable bonds is 6. The molecule has 1 saturated heterocycles. The second-order valence-electron chi connectivity index (χ2n) is 8.14. The number of benzene rings is 2. The fourth-order valence-corrected chi connectivity index (χ4v) is 6.20. The molecule has 0 unspecified atom stereocenters. The maximum Gasteiger partial charge on any atom is 0.243 e. The average Bonchev–Trinajstić information content (AvgIpc) is 3.43. The molecule has 0 saturated carbocycles. The number of nitrogens with one attached hydrogen (secondary N) is 1. The molecule has 1 fully saturated rings. The summed E-state index contributed by atoms with van der Waals surface area (Å²) in [5, 5.41) is 3.54. The summed E-state index contributed by atoms with van der Waals surface area (Å²) in [5.41, 5.74) is 2.21. The Hall–Kier alpha value is -2.42. The van der Waals surface area contributed by atoms with Crippen molar-refractivity contribution < 1.29 is 18.0 Å². The molecule has 32 heavy (non-hydrogen) atoms. The van der Waals surface area contributed by atoms with Crippen molar-refractivity contribution in [1.82, 2.24) is 9.62 Å². The van der Waals surface area contributed by atoms with E-state index in [0.717, 1.165) is 18.4 Å². The molecule has 2 heterocycles. The van der Waals surface area contributed by atoms with Crippen LogP contribution >= 0.6 is 11.6 Å². The van der Waals surface area contributed by atoms with E-state index in [9.17, 15) is 18.0 Å². The summed E-state index contributed by atoms with van der Waals surface area (Å²) in [6.45, 7) is 2.84. The van der Waals surface area contributed by atoms with Gasteiger partial charge in [0.25, 0.3) is 0 Å². The van der Waals surface area contributed by atoms with Gasteiger partial charge < -0.3 is 5.32 Å². The molecular weight excluding hydrogens is 450 g/mol. The zero-order valence-electron chi connectivity index (χ0n) is 17.9. The lowest BCUT2D eigenvalue weighted by molar-refractivity contribution is -0.125. The Balaban J connectivity index is 1.50. The van der Waals surface area contributed by atoms with Crippen LogP contribution in [0, 0.1) is 0 Å². The van der Waals surface area contributed by atoms with Gasteiger partial charge in [-0.15, -0.1) is 0 Å². The Kier molecular flexibility index (Phi) is 6.55. The topological polar surface area (TPSA) is 86.8 Å². The van der Waals surface area contributed by atoms with Crippen LogP contribution in [-0.4, -0.2) is 50.2 Å². The highest BCUT2D eigenvalue weighted by Crippen LogP contribution is 2.35. The molecule has 2 aromatic carbocycles. The number of carbonyl (C=O) groups excluding carboxylic acids is 2. The van der Waals surface area contributed by atoms with Crippen molar-refractivity contribution in [2.45, 2.75) is 43.5 Å². The number of nitrogens with zero attached hydrogens (tertiary/aromatic N) is 2. The maximum atomic E-state index is 12.9. The molecule has 0 aromatic heterocycles. The van der Waals surface area contributed by atoms with Gasteiger partial charge in [0.15, 0.2) is 0 Å². The number of fused-ring (bicyclic) bond motifs is 1. The predicted molar refractivity (Wildman–Crippen MR) is 123 cm³/mol. The zero-order valence-corrected chi connectivity index (χ0v) is 19.5. The van der Waals surface area contributed by atoms with E-state index in [1.165, 1.54) is 22.2 Å². The molecule has 170 valence electrons. The smallest absolute Gasteiger partial charge is 0.243 e. The summed E-state index contributed by atoms with van der Waals surface area (Å²) in [4.78, 5) is 26.9. The van der Waals surface area contributed by atoms with Gasteiger partial charge in [-0.1, -0.05) is 29.8 Å². The summed E-state index contributed by atoms with van der Waals surface area (Å²) < 4.78 is 27.3. The number of sulfonamides is 1. The first kappa shape index (κ1) is 22.8. The standard InChI is InChI=1S/C23H26ClN3O4S/c1-16(28)27-21-9-8-19(32(30,31)26-12-4-5-13-26)14-18(21)15-22(27)23(29)25-11-10-17-6-2-3-7-20(17)24/h2-3,6-9,14,22H,4-5,10-13,15H2,1H3,(H,25,29)/t22-/m1/s1. The fourth-order valence-electron chi connectivity index (χ4n) is 4.40. The van der Waals surface area contributed by atoms with Crippen LogP contribution < -0.4 is 10.2 Å². The van der Waals surface area contributed by atoms with Gasteiger partial charge >= 0.3 is 0 Å². The number of amides is 2. The highest BCUT2D eigenvalue weighted by atomic mass is 35.5. The van der Waals surface area contributed by atoms with Crippen LogP contribution in [0.3, 0.4) is 0 Å². The fraction of sp³-hybridized carbons (Fsp3) is 0.391. The summed E-state index contributed by atoms with van der Waals surface area (Å²) in [7, 11) is -3.57. The molecule has 0 bridgehead atoms. The molecule has 2 aliphatic rings. The van der Waals surface area contributed by atoms with Gasteiger partial charge in [-0.2, -0.15) is 4.31 Å². The third kappa shape index (κ3) is 4.40. The van der Waals surface area contributed by atoms with Crippen LogP contribution in [0.1, 0.15) is 30.9 Å². The summed E-state index contributed by atoms with van der Waals surface area (Å²) in [6.07, 6.45) is 2.57. The number of halogens is 1. The monoisotopic (exact) mass is 475 g/mol. The van der Waals surface area contributed by atoms with Crippen LogP contribution in [-0.2, 0) is 32.5 Å². The number of hydrogen-bond donors (Lipinski definition) is 1. The summed E-state index contributed by atoms with van der Waals surface area (Å²) >= 11 is 6.17. The van der Waals surface area contributed by atoms with Crippen molar-refractivity contribution in [3.63, 3.8) is 0 Å². The Morgan fingerprint density at radius 2 is 1.84 bits per heavy atom. The van der Waals surface area contributed by atoms with E-state index in [0.29, 0.717) is 42.3 Å². The predicted octanol–water partition coefficient (Wildman–Crippen LogP) is 2.76. The molecule has 0 aliphatic carbocycles. The lowest BCUT2D eigenvalue weighted by Gasteiger charge is -2.23. The molecule has 1 N–H and O–H groups in total. The van der Waals surface area contributed by atoms with Gasteiger partial charge in [0.05, 0.1) is 4.90 Å². The number of hydrogen-bond acceptors (Lipinski definition) is 4. The van der Waals surface area contributed by atoms with E-state index in [-0.39, 0.29) is 23.1 Å². The summed E-state index contributed by atoms with van der Waals surface area (Å²) in [5.74, 6) is -0.530. The van der Waals surface area contributed by atoms with Gasteiger partial charge in [-0.25, -0.2) is 8.42 Å².